The van der Waals surface area contributed by atoms with Crippen LogP contribution in [-0.4, -0.2) is 24.2 Å². The first kappa shape index (κ1) is 19.7. The maximum atomic E-state index is 13.2. The number of ether oxygens (including phenoxy) is 1. The highest BCUT2D eigenvalue weighted by atomic mass is 19.4. The van der Waals surface area contributed by atoms with E-state index in [9.17, 15) is 35.5 Å². The molecular formula is C17H11F7O2. The van der Waals surface area contributed by atoms with Gasteiger partial charge in [0.2, 0.25) is 0 Å². The Morgan fingerprint density at radius 3 is 1.96 bits per heavy atom. The summed E-state index contributed by atoms with van der Waals surface area (Å²) in [6.07, 6.45) is -15.5. The normalized spacial score (nSPS) is 13.3. The third kappa shape index (κ3) is 4.96. The quantitative estimate of drug-likeness (QED) is 0.514. The van der Waals surface area contributed by atoms with Gasteiger partial charge in [-0.3, -0.25) is 4.79 Å². The SMILES string of the molecule is O=C(Cc1ccc(F)cc1)c1ccc(OC(F)(F)C(F)C(F)(F)F)cc1. The number of Topliss-reactive ketones (excluding diaryl/α,β-unsaturated/α-hetero) is 1. The second-order valence-electron chi connectivity index (χ2n) is 5.32. The summed E-state index contributed by atoms with van der Waals surface area (Å²) < 4.78 is 91.8. The van der Waals surface area contributed by atoms with Gasteiger partial charge in [-0.05, 0) is 42.0 Å². The van der Waals surface area contributed by atoms with Crippen molar-refractivity contribution in [3.05, 3.63) is 65.5 Å². The van der Waals surface area contributed by atoms with Gasteiger partial charge in [0, 0.05) is 12.0 Å². The first-order valence-electron chi connectivity index (χ1n) is 7.14. The van der Waals surface area contributed by atoms with Crippen LogP contribution in [0.2, 0.25) is 0 Å². The Balaban J connectivity index is 2.05. The predicted octanol–water partition coefficient (Wildman–Crippen LogP) is 5.12. The number of hydrogen-bond acceptors (Lipinski definition) is 2. The van der Waals surface area contributed by atoms with Gasteiger partial charge in [-0.1, -0.05) is 12.1 Å². The van der Waals surface area contributed by atoms with Crippen LogP contribution in [0.4, 0.5) is 30.7 Å². The van der Waals surface area contributed by atoms with E-state index in [0.29, 0.717) is 5.56 Å². The van der Waals surface area contributed by atoms with E-state index >= 15 is 0 Å². The highest BCUT2D eigenvalue weighted by molar-refractivity contribution is 5.97. The third-order valence-electron chi connectivity index (χ3n) is 3.29. The van der Waals surface area contributed by atoms with Crippen LogP contribution < -0.4 is 4.74 Å². The molecule has 0 aromatic heterocycles. The average molecular weight is 380 g/mol. The molecular weight excluding hydrogens is 369 g/mol. The molecule has 0 heterocycles. The minimum atomic E-state index is -5.78. The van der Waals surface area contributed by atoms with Crippen molar-refractivity contribution in [2.45, 2.75) is 24.9 Å². The number of halogens is 7. The first-order valence-corrected chi connectivity index (χ1v) is 7.14. The largest absolute Gasteiger partial charge is 0.439 e. The Morgan fingerprint density at radius 1 is 0.923 bits per heavy atom. The van der Waals surface area contributed by atoms with Crippen LogP contribution >= 0.6 is 0 Å². The van der Waals surface area contributed by atoms with Crippen molar-refractivity contribution in [2.75, 3.05) is 0 Å². The maximum absolute atomic E-state index is 13.2. The van der Waals surface area contributed by atoms with Crippen LogP contribution in [-0.2, 0) is 6.42 Å². The monoisotopic (exact) mass is 380 g/mol. The number of carbonyl (C=O) groups excluding carboxylic acids is 1. The van der Waals surface area contributed by atoms with Gasteiger partial charge in [-0.15, -0.1) is 0 Å². The van der Waals surface area contributed by atoms with E-state index in [1.807, 2.05) is 0 Å². The number of benzene rings is 2. The van der Waals surface area contributed by atoms with Crippen LogP contribution in [0.5, 0.6) is 5.75 Å². The van der Waals surface area contributed by atoms with Gasteiger partial charge < -0.3 is 4.74 Å². The van der Waals surface area contributed by atoms with Crippen molar-refractivity contribution in [3.8, 4) is 5.75 Å². The summed E-state index contributed by atoms with van der Waals surface area (Å²) in [6.45, 7) is 0. The van der Waals surface area contributed by atoms with E-state index in [0.717, 1.165) is 36.4 Å². The average Bonchev–Trinajstić information content (AvgIpc) is 2.55. The Bertz CT molecular complexity index is 752. The molecule has 0 bridgehead atoms. The van der Waals surface area contributed by atoms with Gasteiger partial charge in [-0.2, -0.15) is 22.0 Å². The molecule has 0 saturated carbocycles. The van der Waals surface area contributed by atoms with Gasteiger partial charge in [-0.25, -0.2) is 8.78 Å². The van der Waals surface area contributed by atoms with Crippen molar-refractivity contribution in [1.29, 1.82) is 0 Å². The fourth-order valence-corrected chi connectivity index (χ4v) is 2.00. The molecule has 9 heteroatoms. The maximum Gasteiger partial charge on any atom is 0.439 e. The molecule has 140 valence electrons. The third-order valence-corrected chi connectivity index (χ3v) is 3.29. The summed E-state index contributed by atoms with van der Waals surface area (Å²) in [7, 11) is 0. The molecule has 0 N–H and O–H groups in total. The number of carbonyl (C=O) groups is 1. The van der Waals surface area contributed by atoms with E-state index in [2.05, 4.69) is 4.74 Å². The molecule has 0 saturated heterocycles. The lowest BCUT2D eigenvalue weighted by Gasteiger charge is -2.23. The minimum absolute atomic E-state index is 0.0672. The summed E-state index contributed by atoms with van der Waals surface area (Å²) >= 11 is 0. The van der Waals surface area contributed by atoms with Crippen molar-refractivity contribution in [2.24, 2.45) is 0 Å². The molecule has 1 atom stereocenters. The van der Waals surface area contributed by atoms with E-state index in [-0.39, 0.29) is 12.0 Å². The van der Waals surface area contributed by atoms with Crippen molar-refractivity contribution < 1.29 is 40.3 Å². The number of hydrogen-bond donors (Lipinski definition) is 0. The summed E-state index contributed by atoms with van der Waals surface area (Å²) in [6, 6.07) is 8.87. The number of ketones is 1. The van der Waals surface area contributed by atoms with Crippen LogP contribution in [0.15, 0.2) is 48.5 Å². The van der Waals surface area contributed by atoms with Gasteiger partial charge >= 0.3 is 12.3 Å². The lowest BCUT2D eigenvalue weighted by atomic mass is 10.0. The molecule has 0 aliphatic carbocycles. The van der Waals surface area contributed by atoms with Gasteiger partial charge in [0.1, 0.15) is 11.6 Å². The zero-order valence-corrected chi connectivity index (χ0v) is 12.9. The molecule has 2 rings (SSSR count). The Morgan fingerprint density at radius 2 is 1.46 bits per heavy atom. The van der Waals surface area contributed by atoms with Crippen LogP contribution in [0.25, 0.3) is 0 Å². The number of alkyl halides is 6. The van der Waals surface area contributed by atoms with Crippen LogP contribution in [0.1, 0.15) is 15.9 Å². The van der Waals surface area contributed by atoms with Crippen molar-refractivity contribution in [1.82, 2.24) is 0 Å². The molecule has 2 aromatic carbocycles. The van der Waals surface area contributed by atoms with Crippen molar-refractivity contribution >= 4 is 5.78 Å². The van der Waals surface area contributed by atoms with E-state index in [1.165, 1.54) is 12.1 Å². The van der Waals surface area contributed by atoms with Crippen molar-refractivity contribution in [3.63, 3.8) is 0 Å². The Labute approximate surface area is 143 Å². The highest BCUT2D eigenvalue weighted by Gasteiger charge is 2.59. The van der Waals surface area contributed by atoms with E-state index in [1.54, 1.807) is 0 Å². The Kier molecular flexibility index (Phi) is 5.58. The fraction of sp³-hybridized carbons (Fsp3) is 0.235. The van der Waals surface area contributed by atoms with E-state index in [4.69, 9.17) is 0 Å². The lowest BCUT2D eigenvalue weighted by molar-refractivity contribution is -0.304. The number of rotatable bonds is 6. The Hall–Kier alpha value is -2.58. The molecule has 26 heavy (non-hydrogen) atoms. The van der Waals surface area contributed by atoms with Gasteiger partial charge in [0.25, 0.3) is 6.17 Å². The zero-order chi connectivity index (χ0) is 19.5. The molecule has 2 nitrogen and oxygen atoms in total. The molecule has 1 unspecified atom stereocenters. The first-order chi connectivity index (χ1) is 12.0. The second kappa shape index (κ2) is 7.35. The minimum Gasteiger partial charge on any atom is -0.430 e. The molecule has 0 amide bonds. The predicted molar refractivity (Wildman–Crippen MR) is 77.4 cm³/mol. The standard InChI is InChI=1S/C17H11F7O2/c18-12-5-1-10(2-6-12)9-14(25)11-3-7-13(8-4-11)26-17(23,24)15(19)16(20,21)22/h1-8,15H,9H2. The summed E-state index contributed by atoms with van der Waals surface area (Å²) in [5.74, 6) is -1.65. The molecule has 0 aliphatic rings. The smallest absolute Gasteiger partial charge is 0.430 e. The molecule has 0 aliphatic heterocycles. The van der Waals surface area contributed by atoms with Crippen LogP contribution in [0, 0.1) is 5.82 Å². The molecule has 2 aromatic rings. The molecule has 0 fully saturated rings. The molecule has 0 radical (unpaired) electrons. The summed E-state index contributed by atoms with van der Waals surface area (Å²) in [5, 5.41) is 0. The topological polar surface area (TPSA) is 26.3 Å². The van der Waals surface area contributed by atoms with Gasteiger partial charge in [0.05, 0.1) is 0 Å². The lowest BCUT2D eigenvalue weighted by Crippen LogP contribution is -2.45. The zero-order valence-electron chi connectivity index (χ0n) is 12.9. The fourth-order valence-electron chi connectivity index (χ4n) is 2.00. The highest BCUT2D eigenvalue weighted by Crippen LogP contribution is 2.36. The van der Waals surface area contributed by atoms with Gasteiger partial charge in [0.15, 0.2) is 5.78 Å². The van der Waals surface area contributed by atoms with Crippen LogP contribution in [0.3, 0.4) is 0 Å². The summed E-state index contributed by atoms with van der Waals surface area (Å²) in [4.78, 5) is 12.0. The van der Waals surface area contributed by atoms with E-state index < -0.39 is 35.8 Å². The second-order valence-corrected chi connectivity index (χ2v) is 5.32. The summed E-state index contributed by atoms with van der Waals surface area (Å²) in [5.41, 5.74) is 0.575. The molecule has 0 spiro atoms.